The number of thioether (sulfide) groups is 1. The second-order valence-electron chi connectivity index (χ2n) is 12.9. The number of alkyl carbamates (subject to hydrolysis) is 1. The molecule has 1 saturated heterocycles. The van der Waals surface area contributed by atoms with Crippen molar-refractivity contribution in [1.82, 2.24) is 5.32 Å². The summed E-state index contributed by atoms with van der Waals surface area (Å²) >= 11 is 1.17. The first kappa shape index (κ1) is 37.9. The molecule has 0 unspecified atom stereocenters. The first-order valence-electron chi connectivity index (χ1n) is 15.9. The van der Waals surface area contributed by atoms with Crippen molar-refractivity contribution in [2.75, 3.05) is 6.61 Å². The molecule has 266 valence electrons. The summed E-state index contributed by atoms with van der Waals surface area (Å²) in [7, 11) is 0. The van der Waals surface area contributed by atoms with Gasteiger partial charge >= 0.3 is 30.0 Å². The molecule has 0 spiro atoms. The van der Waals surface area contributed by atoms with Gasteiger partial charge < -0.3 is 33.7 Å². The molecular formula is C37H41NO11S. The number of ether oxygens (including phenoxy) is 6. The van der Waals surface area contributed by atoms with Crippen LogP contribution in [0.5, 0.6) is 0 Å². The van der Waals surface area contributed by atoms with Gasteiger partial charge in [-0.3, -0.25) is 4.79 Å². The Hall–Kier alpha value is -4.88. The Morgan fingerprint density at radius 1 is 0.700 bits per heavy atom. The van der Waals surface area contributed by atoms with Crippen LogP contribution in [-0.4, -0.2) is 77.6 Å². The van der Waals surface area contributed by atoms with Crippen molar-refractivity contribution in [3.8, 4) is 0 Å². The van der Waals surface area contributed by atoms with Gasteiger partial charge in [0, 0.05) is 11.8 Å². The van der Waals surface area contributed by atoms with E-state index in [4.69, 9.17) is 28.4 Å². The quantitative estimate of drug-likeness (QED) is 0.191. The SMILES string of the molecule is CC(=O)O[C@@H]1[C@H](OC(=O)c2ccccc2)[C@@H](OC(=O)c2ccccc2)[C@H](Sc2ccccc2)O[C@@H]1COC(=O)C(C)(C)NC(=O)OC(C)(C)C. The van der Waals surface area contributed by atoms with E-state index in [0.29, 0.717) is 0 Å². The van der Waals surface area contributed by atoms with Crippen molar-refractivity contribution in [2.24, 2.45) is 0 Å². The minimum Gasteiger partial charge on any atom is -0.461 e. The molecule has 3 aromatic rings. The number of nitrogens with one attached hydrogen (secondary N) is 1. The van der Waals surface area contributed by atoms with Gasteiger partial charge in [-0.2, -0.15) is 0 Å². The van der Waals surface area contributed by atoms with Crippen molar-refractivity contribution in [3.63, 3.8) is 0 Å². The van der Waals surface area contributed by atoms with E-state index in [2.05, 4.69) is 5.32 Å². The zero-order valence-electron chi connectivity index (χ0n) is 28.7. The maximum absolute atomic E-state index is 13.5. The monoisotopic (exact) mass is 707 g/mol. The van der Waals surface area contributed by atoms with Crippen LogP contribution in [0.2, 0.25) is 0 Å². The zero-order valence-corrected chi connectivity index (χ0v) is 29.5. The van der Waals surface area contributed by atoms with Crippen LogP contribution >= 0.6 is 11.8 Å². The summed E-state index contributed by atoms with van der Waals surface area (Å²) in [5.74, 6) is -3.13. The lowest BCUT2D eigenvalue weighted by Crippen LogP contribution is -2.62. The summed E-state index contributed by atoms with van der Waals surface area (Å²) in [4.78, 5) is 66.0. The summed E-state index contributed by atoms with van der Waals surface area (Å²) < 4.78 is 35.0. The van der Waals surface area contributed by atoms with Crippen LogP contribution in [0.1, 0.15) is 62.3 Å². The van der Waals surface area contributed by atoms with Crippen LogP contribution in [0.3, 0.4) is 0 Å². The third-order valence-electron chi connectivity index (χ3n) is 7.10. The molecule has 1 fully saturated rings. The molecule has 1 aliphatic rings. The molecule has 0 saturated carbocycles. The zero-order chi connectivity index (χ0) is 36.5. The normalized spacial score (nSPS) is 20.5. The molecular weight excluding hydrogens is 666 g/mol. The van der Waals surface area contributed by atoms with E-state index in [1.54, 1.807) is 81.4 Å². The van der Waals surface area contributed by atoms with Gasteiger partial charge in [0.15, 0.2) is 18.3 Å². The molecule has 0 aliphatic carbocycles. The predicted molar refractivity (Wildman–Crippen MR) is 182 cm³/mol. The highest BCUT2D eigenvalue weighted by atomic mass is 32.2. The Morgan fingerprint density at radius 2 is 1.20 bits per heavy atom. The lowest BCUT2D eigenvalue weighted by atomic mass is 9.98. The van der Waals surface area contributed by atoms with E-state index in [-0.39, 0.29) is 11.1 Å². The highest BCUT2D eigenvalue weighted by Gasteiger charge is 2.53. The van der Waals surface area contributed by atoms with E-state index < -0.39 is 77.6 Å². The molecule has 1 aliphatic heterocycles. The number of amides is 1. The van der Waals surface area contributed by atoms with E-state index >= 15 is 0 Å². The summed E-state index contributed by atoms with van der Waals surface area (Å²) in [6.07, 6.45) is -6.20. The lowest BCUT2D eigenvalue weighted by molar-refractivity contribution is -0.223. The number of benzene rings is 3. The Balaban J connectivity index is 1.70. The topological polar surface area (TPSA) is 153 Å². The largest absolute Gasteiger partial charge is 0.461 e. The van der Waals surface area contributed by atoms with Gasteiger partial charge in [0.25, 0.3) is 0 Å². The standard InChI is InChI=1S/C37H41NO11S/c1-23(39)45-28-27(22-44-34(42)37(5,6)38-35(43)49-36(2,3)4)46-33(50-26-20-14-9-15-21-26)30(48-32(41)25-18-12-8-13-19-25)29(28)47-31(40)24-16-10-7-11-17-24/h7-21,27-30,33H,22H2,1-6H3,(H,38,43)/t27-,28+,29+,30-,33+/m1/s1. The average Bonchev–Trinajstić information content (AvgIpc) is 3.06. The van der Waals surface area contributed by atoms with Crippen molar-refractivity contribution >= 4 is 41.7 Å². The van der Waals surface area contributed by atoms with Crippen molar-refractivity contribution in [3.05, 3.63) is 102 Å². The second-order valence-corrected chi connectivity index (χ2v) is 14.0. The fraction of sp³-hybridized carbons (Fsp3) is 0.378. The Labute approximate surface area is 295 Å². The first-order chi connectivity index (χ1) is 23.6. The van der Waals surface area contributed by atoms with E-state index in [0.717, 1.165) is 11.8 Å². The Morgan fingerprint density at radius 3 is 1.70 bits per heavy atom. The number of rotatable bonds is 11. The van der Waals surface area contributed by atoms with E-state index in [9.17, 15) is 24.0 Å². The van der Waals surface area contributed by atoms with Gasteiger partial charge in [0.1, 0.15) is 29.3 Å². The fourth-order valence-corrected chi connectivity index (χ4v) is 5.94. The van der Waals surface area contributed by atoms with Crippen molar-refractivity contribution in [2.45, 2.75) is 87.4 Å². The lowest BCUT2D eigenvalue weighted by Gasteiger charge is -2.44. The minimum atomic E-state index is -1.54. The van der Waals surface area contributed by atoms with Crippen molar-refractivity contribution < 1.29 is 52.4 Å². The van der Waals surface area contributed by atoms with Gasteiger partial charge in [-0.25, -0.2) is 19.2 Å². The molecule has 50 heavy (non-hydrogen) atoms. The number of carbonyl (C=O) groups is 5. The summed E-state index contributed by atoms with van der Waals surface area (Å²) in [6.45, 7) is 8.57. The predicted octanol–water partition coefficient (Wildman–Crippen LogP) is 5.73. The molecule has 5 atom stereocenters. The number of hydrogen-bond donors (Lipinski definition) is 1. The Kier molecular flexibility index (Phi) is 12.7. The number of esters is 4. The highest BCUT2D eigenvalue weighted by Crippen LogP contribution is 2.38. The van der Waals surface area contributed by atoms with Crippen LogP contribution in [0, 0.1) is 0 Å². The fourth-order valence-electron chi connectivity index (χ4n) is 4.81. The van der Waals surface area contributed by atoms with Gasteiger partial charge in [-0.15, -0.1) is 0 Å². The number of hydrogen-bond acceptors (Lipinski definition) is 12. The van der Waals surface area contributed by atoms with E-state index in [1.807, 2.05) is 30.3 Å². The molecule has 0 bridgehead atoms. The molecule has 0 radical (unpaired) electrons. The molecule has 12 nitrogen and oxygen atoms in total. The Bertz CT molecular complexity index is 1630. The second kappa shape index (κ2) is 16.7. The maximum Gasteiger partial charge on any atom is 0.408 e. The third-order valence-corrected chi connectivity index (χ3v) is 8.25. The molecule has 3 aromatic carbocycles. The van der Waals surface area contributed by atoms with Crippen LogP contribution in [-0.2, 0) is 38.0 Å². The molecule has 1 amide bonds. The van der Waals surface area contributed by atoms with Crippen LogP contribution in [0.15, 0.2) is 95.9 Å². The molecule has 1 heterocycles. The smallest absolute Gasteiger partial charge is 0.408 e. The highest BCUT2D eigenvalue weighted by molar-refractivity contribution is 7.99. The maximum atomic E-state index is 13.5. The first-order valence-corrected chi connectivity index (χ1v) is 16.8. The minimum absolute atomic E-state index is 0.193. The third kappa shape index (κ3) is 10.8. The molecule has 13 heteroatoms. The van der Waals surface area contributed by atoms with Crippen LogP contribution in [0.4, 0.5) is 4.79 Å². The van der Waals surface area contributed by atoms with Gasteiger partial charge in [0.2, 0.25) is 0 Å². The summed E-state index contributed by atoms with van der Waals surface area (Å²) in [5.41, 5.74) is -2.99. The molecule has 0 aromatic heterocycles. The van der Waals surface area contributed by atoms with Crippen molar-refractivity contribution in [1.29, 1.82) is 0 Å². The van der Waals surface area contributed by atoms with E-state index in [1.165, 1.54) is 25.6 Å². The van der Waals surface area contributed by atoms with Crippen LogP contribution < -0.4 is 5.32 Å². The van der Waals surface area contributed by atoms with Crippen LogP contribution in [0.25, 0.3) is 0 Å². The van der Waals surface area contributed by atoms with Gasteiger partial charge in [-0.1, -0.05) is 66.4 Å². The van der Waals surface area contributed by atoms with Gasteiger partial charge in [-0.05, 0) is 71.0 Å². The summed E-state index contributed by atoms with van der Waals surface area (Å²) in [6, 6.07) is 25.4. The summed E-state index contributed by atoms with van der Waals surface area (Å²) in [5, 5.41) is 2.49. The average molecular weight is 708 g/mol. The number of carbonyl (C=O) groups excluding carboxylic acids is 5. The molecule has 1 N–H and O–H groups in total. The molecule has 4 rings (SSSR count). The van der Waals surface area contributed by atoms with Gasteiger partial charge in [0.05, 0.1) is 11.1 Å².